The fourth-order valence-electron chi connectivity index (χ4n) is 3.98. The van der Waals surface area contributed by atoms with Crippen molar-refractivity contribution in [3.05, 3.63) is 77.1 Å². The second-order valence-corrected chi connectivity index (χ2v) is 9.59. The number of anilines is 2. The Labute approximate surface area is 201 Å². The molecule has 0 bridgehead atoms. The number of hydrogen-bond donors (Lipinski definition) is 0. The van der Waals surface area contributed by atoms with Gasteiger partial charge in [-0.05, 0) is 48.5 Å². The molecule has 0 saturated carbocycles. The van der Waals surface area contributed by atoms with E-state index in [-0.39, 0.29) is 21.9 Å². The lowest BCUT2D eigenvalue weighted by atomic mass is 10.1. The van der Waals surface area contributed by atoms with Crippen molar-refractivity contribution in [2.75, 3.05) is 32.3 Å². The highest BCUT2D eigenvalue weighted by atomic mass is 32.2. The second-order valence-electron chi connectivity index (χ2n) is 7.71. The molecule has 0 amide bonds. The summed E-state index contributed by atoms with van der Waals surface area (Å²) in [6.07, 6.45) is 1.20. The number of hydrogen-bond acceptors (Lipinski definition) is 8. The summed E-state index contributed by atoms with van der Waals surface area (Å²) in [5.74, 6) is 0.297. The van der Waals surface area contributed by atoms with Crippen molar-refractivity contribution >= 4 is 27.0 Å². The largest absolute Gasteiger partial charge is 0.493 e. The summed E-state index contributed by atoms with van der Waals surface area (Å²) < 4.78 is 62.8. The average molecular weight is 498 g/mol. The minimum atomic E-state index is -4.27. The van der Waals surface area contributed by atoms with E-state index in [0.29, 0.717) is 36.1 Å². The maximum absolute atomic E-state index is 14.2. The molecule has 2 heterocycles. The van der Waals surface area contributed by atoms with Crippen LogP contribution in [0.5, 0.6) is 23.0 Å². The van der Waals surface area contributed by atoms with E-state index in [4.69, 9.17) is 18.9 Å². The zero-order chi connectivity index (χ0) is 24.7. The molecular formula is C25H20FNO7S. The van der Waals surface area contributed by atoms with Crippen molar-refractivity contribution in [1.29, 1.82) is 0 Å². The Kier molecular flexibility index (Phi) is 5.60. The molecule has 0 spiro atoms. The van der Waals surface area contributed by atoms with Crippen LogP contribution in [0.25, 0.3) is 0 Å². The topological polar surface area (TPSA) is 91.4 Å². The Balaban J connectivity index is 1.67. The minimum absolute atomic E-state index is 0.0746. The molecule has 2 aliphatic heterocycles. The molecule has 0 saturated heterocycles. The molecule has 0 aliphatic carbocycles. The molecule has 35 heavy (non-hydrogen) atoms. The minimum Gasteiger partial charge on any atom is -0.493 e. The van der Waals surface area contributed by atoms with E-state index in [0.717, 1.165) is 18.2 Å². The van der Waals surface area contributed by atoms with Gasteiger partial charge in [-0.1, -0.05) is 0 Å². The number of rotatable bonds is 5. The number of methoxy groups -OCH3 is 2. The number of ketones is 1. The number of halogens is 1. The molecule has 0 aromatic heterocycles. The van der Waals surface area contributed by atoms with Crippen LogP contribution in [0.3, 0.4) is 0 Å². The molecular weight excluding hydrogens is 477 g/mol. The molecule has 5 rings (SSSR count). The van der Waals surface area contributed by atoms with Crippen LogP contribution < -0.4 is 23.8 Å². The van der Waals surface area contributed by atoms with Gasteiger partial charge in [-0.2, -0.15) is 0 Å². The molecule has 0 unspecified atom stereocenters. The highest BCUT2D eigenvalue weighted by Gasteiger charge is 2.37. The van der Waals surface area contributed by atoms with Crippen molar-refractivity contribution in [3.63, 3.8) is 0 Å². The van der Waals surface area contributed by atoms with Gasteiger partial charge in [0.25, 0.3) is 0 Å². The van der Waals surface area contributed by atoms with Crippen LogP contribution in [0.1, 0.15) is 10.4 Å². The third-order valence-electron chi connectivity index (χ3n) is 5.68. The molecule has 10 heteroatoms. The van der Waals surface area contributed by atoms with E-state index in [1.807, 2.05) is 0 Å². The van der Waals surface area contributed by atoms with E-state index in [1.54, 1.807) is 18.2 Å². The Morgan fingerprint density at radius 3 is 2.40 bits per heavy atom. The van der Waals surface area contributed by atoms with Crippen molar-refractivity contribution in [1.82, 2.24) is 0 Å². The predicted molar refractivity (Wildman–Crippen MR) is 125 cm³/mol. The van der Waals surface area contributed by atoms with Gasteiger partial charge in [-0.3, -0.25) is 4.79 Å². The first-order valence-electron chi connectivity index (χ1n) is 10.6. The van der Waals surface area contributed by atoms with Crippen LogP contribution >= 0.6 is 0 Å². The average Bonchev–Trinajstić information content (AvgIpc) is 2.87. The van der Waals surface area contributed by atoms with Crippen molar-refractivity contribution in [2.45, 2.75) is 4.90 Å². The van der Waals surface area contributed by atoms with E-state index < -0.39 is 26.3 Å². The summed E-state index contributed by atoms with van der Waals surface area (Å²) in [6.45, 7) is 0.765. The predicted octanol–water partition coefficient (Wildman–Crippen LogP) is 4.26. The highest BCUT2D eigenvalue weighted by Crippen LogP contribution is 2.43. The Hall–Kier alpha value is -4.05. The summed E-state index contributed by atoms with van der Waals surface area (Å²) in [7, 11) is -1.40. The highest BCUT2D eigenvalue weighted by molar-refractivity contribution is 7.96. The molecule has 180 valence electrons. The van der Waals surface area contributed by atoms with E-state index in [2.05, 4.69) is 0 Å². The van der Waals surface area contributed by atoms with Crippen LogP contribution in [-0.2, 0) is 9.84 Å². The van der Waals surface area contributed by atoms with Gasteiger partial charge < -0.3 is 23.8 Å². The van der Waals surface area contributed by atoms with Gasteiger partial charge in [0, 0.05) is 23.5 Å². The molecule has 0 fully saturated rings. The number of allylic oxidation sites excluding steroid dienone is 1. The van der Waals surface area contributed by atoms with Gasteiger partial charge in [0.15, 0.2) is 23.0 Å². The summed E-state index contributed by atoms with van der Waals surface area (Å²) in [5, 5.41) is 0. The molecule has 0 N–H and O–H groups in total. The molecule has 2 aliphatic rings. The third-order valence-corrected chi connectivity index (χ3v) is 7.47. The Morgan fingerprint density at radius 2 is 1.66 bits per heavy atom. The van der Waals surface area contributed by atoms with E-state index >= 15 is 0 Å². The van der Waals surface area contributed by atoms with Gasteiger partial charge in [0.2, 0.25) is 15.6 Å². The van der Waals surface area contributed by atoms with Gasteiger partial charge in [0.05, 0.1) is 24.8 Å². The number of Topliss-reactive ketones (excluding diaryl/α,β-unsaturated/α-hetero) is 1. The quantitative estimate of drug-likeness (QED) is 0.382. The lowest BCUT2D eigenvalue weighted by Crippen LogP contribution is -2.26. The molecule has 3 aromatic rings. The van der Waals surface area contributed by atoms with Crippen molar-refractivity contribution in [2.24, 2.45) is 0 Å². The number of fused-ring (bicyclic) bond motifs is 2. The van der Waals surface area contributed by atoms with Crippen molar-refractivity contribution < 1.29 is 36.6 Å². The maximum Gasteiger partial charge on any atom is 0.214 e. The van der Waals surface area contributed by atoms with Gasteiger partial charge in [0.1, 0.15) is 23.9 Å². The van der Waals surface area contributed by atoms with Crippen LogP contribution in [0, 0.1) is 5.82 Å². The number of nitrogens with zero attached hydrogens (tertiary/aromatic N) is 1. The first-order valence-corrected chi connectivity index (χ1v) is 12.0. The number of carbonyl (C=O) groups excluding carboxylic acids is 1. The molecule has 8 nitrogen and oxygen atoms in total. The molecule has 3 aromatic carbocycles. The number of ether oxygens (including phenoxy) is 4. The van der Waals surface area contributed by atoms with Gasteiger partial charge in [-0.25, -0.2) is 12.8 Å². The smallest absolute Gasteiger partial charge is 0.214 e. The lowest BCUT2D eigenvalue weighted by Gasteiger charge is -2.30. The zero-order valence-electron chi connectivity index (χ0n) is 18.8. The van der Waals surface area contributed by atoms with Gasteiger partial charge >= 0.3 is 0 Å². The summed E-state index contributed by atoms with van der Waals surface area (Å²) >= 11 is 0. The van der Waals surface area contributed by atoms with Crippen molar-refractivity contribution in [3.8, 4) is 23.0 Å². The maximum atomic E-state index is 14.2. The summed E-state index contributed by atoms with van der Waals surface area (Å²) in [4.78, 5) is 14.3. The lowest BCUT2D eigenvalue weighted by molar-refractivity contribution is 0.104. The van der Waals surface area contributed by atoms with Crippen LogP contribution in [0.15, 0.2) is 70.6 Å². The van der Waals surface area contributed by atoms with Crippen LogP contribution in [0.2, 0.25) is 0 Å². The SMILES string of the molecule is COc1ccc(C(=O)C2=CN(c3ccc4c(c3)OCCO4)c3cc(F)ccc3S2(=O)=O)cc1OC. The normalized spacial score (nSPS) is 15.6. The van der Waals surface area contributed by atoms with Crippen LogP contribution in [-0.4, -0.2) is 41.6 Å². The molecule has 0 radical (unpaired) electrons. The standard InChI is InChI=1S/C25H20FNO7S/c1-31-19-6-3-15(11-21(19)32-2)25(28)24-14-27(17-5-7-20-22(13-17)34-10-9-33-20)18-12-16(26)4-8-23(18)35(24,29)30/h3-8,11-14H,9-10H2,1-2H3. The fraction of sp³-hybridized carbons (Fsp3) is 0.160. The Bertz CT molecular complexity index is 1480. The number of carbonyl (C=O) groups is 1. The Morgan fingerprint density at radius 1 is 0.914 bits per heavy atom. The van der Waals surface area contributed by atoms with Crippen LogP contribution in [0.4, 0.5) is 15.8 Å². The first-order chi connectivity index (χ1) is 16.8. The number of benzene rings is 3. The summed E-state index contributed by atoms with van der Waals surface area (Å²) in [5.41, 5.74) is 0.629. The second kappa shape index (κ2) is 8.62. The first kappa shape index (κ1) is 22.7. The monoisotopic (exact) mass is 497 g/mol. The third kappa shape index (κ3) is 3.85. The zero-order valence-corrected chi connectivity index (χ0v) is 19.6. The van der Waals surface area contributed by atoms with E-state index in [1.165, 1.54) is 43.5 Å². The molecule has 0 atom stereocenters. The number of sulfone groups is 1. The fourth-order valence-corrected chi connectivity index (χ4v) is 5.50. The van der Waals surface area contributed by atoms with E-state index in [9.17, 15) is 17.6 Å². The summed E-state index contributed by atoms with van der Waals surface area (Å²) in [6, 6.07) is 12.7. The van der Waals surface area contributed by atoms with Gasteiger partial charge in [-0.15, -0.1) is 0 Å².